The van der Waals surface area contributed by atoms with Crippen molar-refractivity contribution in [3.8, 4) is 11.1 Å². The lowest BCUT2D eigenvalue weighted by Crippen LogP contribution is -2.23. The van der Waals surface area contributed by atoms with Crippen LogP contribution in [0.2, 0.25) is 0 Å². The summed E-state index contributed by atoms with van der Waals surface area (Å²) < 4.78 is 31.1. The van der Waals surface area contributed by atoms with Crippen molar-refractivity contribution in [2.24, 2.45) is 0 Å². The minimum Gasteiger partial charge on any atom is -0.393 e. The van der Waals surface area contributed by atoms with Gasteiger partial charge in [0.2, 0.25) is 5.95 Å². The number of nitrogens with one attached hydrogen (secondary N) is 1. The van der Waals surface area contributed by atoms with E-state index in [2.05, 4.69) is 21.4 Å². The van der Waals surface area contributed by atoms with Gasteiger partial charge in [-0.15, -0.1) is 5.10 Å². The van der Waals surface area contributed by atoms with E-state index in [9.17, 15) is 13.5 Å². The van der Waals surface area contributed by atoms with Crippen LogP contribution in [0, 0.1) is 0 Å². The molecule has 3 aromatic rings. The van der Waals surface area contributed by atoms with Gasteiger partial charge in [-0.05, 0) is 56.4 Å². The molecule has 1 atom stereocenters. The Hall–Kier alpha value is -2.56. The van der Waals surface area contributed by atoms with E-state index in [0.29, 0.717) is 12.6 Å². The molecule has 0 aliphatic heterocycles. The molecule has 3 aromatic heterocycles. The van der Waals surface area contributed by atoms with Crippen molar-refractivity contribution in [3.63, 3.8) is 0 Å². The van der Waals surface area contributed by atoms with E-state index in [4.69, 9.17) is 9.84 Å². The summed E-state index contributed by atoms with van der Waals surface area (Å²) in [4.78, 5) is 8.49. The molecule has 32 heavy (non-hydrogen) atoms. The number of methoxy groups -OCH3 is 1. The van der Waals surface area contributed by atoms with Gasteiger partial charge in [-0.25, -0.2) is 22.9 Å². The number of fused-ring (bicyclic) bond motifs is 1. The Kier molecular flexibility index (Phi) is 6.45. The second-order valence-corrected chi connectivity index (χ2v) is 10.5. The number of aromatic nitrogens is 4. The van der Waals surface area contributed by atoms with Crippen molar-refractivity contribution in [3.05, 3.63) is 36.3 Å². The molecule has 1 saturated carbocycles. The average Bonchev–Trinajstić information content (AvgIpc) is 3.13. The maximum atomic E-state index is 12.0. The number of pyridine rings is 1. The molecular weight excluding hydrogens is 430 g/mol. The standard InChI is InChI=1S/C22H29N5O4S/c1-14(13-31-2)25-22-24-12-20-18(16-8-9-23-21(10-16)32(3,29)30)11-19(27(20)26-22)15-4-6-17(28)7-5-15/h8-12,14-15,17,28H,4-7,13H2,1-3H3,(H,25,26)/t14-,15-,17-/m0/s1. The zero-order chi connectivity index (χ0) is 22.9. The third-order valence-electron chi connectivity index (χ3n) is 5.88. The largest absolute Gasteiger partial charge is 0.393 e. The lowest BCUT2D eigenvalue weighted by atomic mass is 9.85. The molecule has 3 heterocycles. The van der Waals surface area contributed by atoms with E-state index in [1.807, 2.05) is 11.4 Å². The molecule has 0 bridgehead atoms. The van der Waals surface area contributed by atoms with E-state index in [1.54, 1.807) is 25.4 Å². The van der Waals surface area contributed by atoms with Crippen molar-refractivity contribution < 1.29 is 18.3 Å². The number of aliphatic hydroxyl groups is 1. The molecule has 0 radical (unpaired) electrons. The van der Waals surface area contributed by atoms with Gasteiger partial charge in [-0.2, -0.15) is 0 Å². The Morgan fingerprint density at radius 1 is 1.25 bits per heavy atom. The zero-order valence-corrected chi connectivity index (χ0v) is 19.3. The molecule has 4 rings (SSSR count). The molecule has 2 N–H and O–H groups in total. The van der Waals surface area contributed by atoms with E-state index in [0.717, 1.165) is 54.3 Å². The average molecular weight is 460 g/mol. The van der Waals surface area contributed by atoms with Gasteiger partial charge in [0.25, 0.3) is 0 Å². The second-order valence-electron chi connectivity index (χ2n) is 8.52. The number of rotatable bonds is 7. The second kappa shape index (κ2) is 9.13. The zero-order valence-electron chi connectivity index (χ0n) is 18.5. The Bertz CT molecular complexity index is 1200. The van der Waals surface area contributed by atoms with Crippen LogP contribution >= 0.6 is 0 Å². The van der Waals surface area contributed by atoms with E-state index in [1.165, 1.54) is 6.20 Å². The van der Waals surface area contributed by atoms with Crippen molar-refractivity contribution in [1.82, 2.24) is 19.6 Å². The molecule has 1 fully saturated rings. The number of aliphatic hydroxyl groups excluding tert-OH is 1. The molecule has 1 aliphatic rings. The van der Waals surface area contributed by atoms with Crippen LogP contribution < -0.4 is 5.32 Å². The molecule has 10 heteroatoms. The predicted molar refractivity (Wildman–Crippen MR) is 122 cm³/mol. The lowest BCUT2D eigenvalue weighted by molar-refractivity contribution is 0.121. The van der Waals surface area contributed by atoms with Gasteiger partial charge in [0.05, 0.1) is 24.4 Å². The van der Waals surface area contributed by atoms with Crippen LogP contribution in [-0.4, -0.2) is 65.2 Å². The number of nitrogens with zero attached hydrogens (tertiary/aromatic N) is 4. The number of ether oxygens (including phenoxy) is 1. The quantitative estimate of drug-likeness (QED) is 0.554. The van der Waals surface area contributed by atoms with Crippen LogP contribution in [0.15, 0.2) is 35.6 Å². The summed E-state index contributed by atoms with van der Waals surface area (Å²) in [6.07, 6.45) is 7.40. The van der Waals surface area contributed by atoms with Gasteiger partial charge in [0, 0.05) is 42.8 Å². The van der Waals surface area contributed by atoms with Crippen molar-refractivity contribution in [2.45, 2.75) is 55.7 Å². The van der Waals surface area contributed by atoms with E-state index in [-0.39, 0.29) is 23.1 Å². The van der Waals surface area contributed by atoms with Gasteiger partial charge in [0.1, 0.15) is 0 Å². The fourth-order valence-electron chi connectivity index (χ4n) is 4.27. The predicted octanol–water partition coefficient (Wildman–Crippen LogP) is 2.66. The van der Waals surface area contributed by atoms with Crippen LogP contribution in [0.1, 0.15) is 44.2 Å². The van der Waals surface area contributed by atoms with Gasteiger partial charge < -0.3 is 15.2 Å². The molecule has 0 unspecified atom stereocenters. The summed E-state index contributed by atoms with van der Waals surface area (Å²) >= 11 is 0. The Morgan fingerprint density at radius 3 is 2.69 bits per heavy atom. The van der Waals surface area contributed by atoms with Crippen molar-refractivity contribution in [1.29, 1.82) is 0 Å². The van der Waals surface area contributed by atoms with Gasteiger partial charge >= 0.3 is 0 Å². The third-order valence-corrected chi connectivity index (χ3v) is 6.86. The lowest BCUT2D eigenvalue weighted by Gasteiger charge is -2.25. The summed E-state index contributed by atoms with van der Waals surface area (Å²) in [6.45, 7) is 2.52. The molecule has 0 spiro atoms. The normalized spacial score (nSPS) is 20.4. The summed E-state index contributed by atoms with van der Waals surface area (Å²) in [6, 6.07) is 5.49. The number of hydrogen-bond acceptors (Lipinski definition) is 8. The first-order valence-electron chi connectivity index (χ1n) is 10.7. The van der Waals surface area contributed by atoms with Crippen LogP contribution in [0.3, 0.4) is 0 Å². The summed E-state index contributed by atoms with van der Waals surface area (Å²) in [5.41, 5.74) is 3.43. The van der Waals surface area contributed by atoms with Gasteiger partial charge in [-0.3, -0.25) is 0 Å². The van der Waals surface area contributed by atoms with Crippen molar-refractivity contribution in [2.75, 3.05) is 25.3 Å². The highest BCUT2D eigenvalue weighted by atomic mass is 32.2. The molecule has 0 saturated heterocycles. The highest BCUT2D eigenvalue weighted by Crippen LogP contribution is 2.37. The third kappa shape index (κ3) is 4.77. The molecule has 0 amide bonds. The van der Waals surface area contributed by atoms with Gasteiger partial charge in [0.15, 0.2) is 14.9 Å². The first kappa shape index (κ1) is 22.6. The fraction of sp³-hybridized carbons (Fsp3) is 0.500. The molecule has 9 nitrogen and oxygen atoms in total. The molecule has 172 valence electrons. The summed E-state index contributed by atoms with van der Waals surface area (Å²) in [5, 5.41) is 18.0. The van der Waals surface area contributed by atoms with Crippen LogP contribution in [0.4, 0.5) is 5.95 Å². The monoisotopic (exact) mass is 459 g/mol. The fourth-order valence-corrected chi connectivity index (χ4v) is 4.86. The summed E-state index contributed by atoms with van der Waals surface area (Å²) in [5.74, 6) is 0.739. The number of sulfone groups is 1. The summed E-state index contributed by atoms with van der Waals surface area (Å²) in [7, 11) is -1.78. The maximum absolute atomic E-state index is 12.0. The Balaban J connectivity index is 1.81. The highest BCUT2D eigenvalue weighted by molar-refractivity contribution is 7.90. The Morgan fingerprint density at radius 2 is 2.00 bits per heavy atom. The Labute approximate surface area is 187 Å². The first-order chi connectivity index (χ1) is 15.3. The van der Waals surface area contributed by atoms with E-state index >= 15 is 0 Å². The highest BCUT2D eigenvalue weighted by Gasteiger charge is 2.26. The number of hydrogen-bond donors (Lipinski definition) is 2. The van der Waals surface area contributed by atoms with Crippen LogP contribution in [-0.2, 0) is 14.6 Å². The van der Waals surface area contributed by atoms with Crippen LogP contribution in [0.25, 0.3) is 16.6 Å². The van der Waals surface area contributed by atoms with E-state index < -0.39 is 9.84 Å². The molecule has 0 aromatic carbocycles. The maximum Gasteiger partial charge on any atom is 0.241 e. The van der Waals surface area contributed by atoms with Gasteiger partial charge in [-0.1, -0.05) is 0 Å². The minimum atomic E-state index is -3.43. The van der Waals surface area contributed by atoms with Crippen LogP contribution in [0.5, 0.6) is 0 Å². The smallest absolute Gasteiger partial charge is 0.241 e. The molecular formula is C22H29N5O4S. The number of anilines is 1. The SMILES string of the molecule is COC[C@H](C)Nc1ncc2c(-c3ccnc(S(C)(=O)=O)c3)cc([C@H]3CC[C@H](O)CC3)n2n1. The van der Waals surface area contributed by atoms with Crippen molar-refractivity contribution >= 4 is 21.3 Å². The minimum absolute atomic E-state index is 0.0317. The molecule has 1 aliphatic carbocycles. The first-order valence-corrected chi connectivity index (χ1v) is 12.6. The topological polar surface area (TPSA) is 119 Å².